The Morgan fingerprint density at radius 3 is 3.00 bits per heavy atom. The summed E-state index contributed by atoms with van der Waals surface area (Å²) in [6.45, 7) is 6.53. The van der Waals surface area contributed by atoms with Crippen LogP contribution in [0.5, 0.6) is 0 Å². The number of amides is 1. The number of nitrogens with one attached hydrogen (secondary N) is 2. The summed E-state index contributed by atoms with van der Waals surface area (Å²) < 4.78 is 4.97. The first-order valence-corrected chi connectivity index (χ1v) is 5.65. The molecular weight excluding hydrogens is 192 g/mol. The van der Waals surface area contributed by atoms with Crippen LogP contribution in [0.4, 0.5) is 0 Å². The van der Waals surface area contributed by atoms with E-state index in [1.807, 2.05) is 6.92 Å². The van der Waals surface area contributed by atoms with E-state index >= 15 is 0 Å². The molecule has 15 heavy (non-hydrogen) atoms. The van der Waals surface area contributed by atoms with E-state index in [1.165, 1.54) is 0 Å². The molecule has 0 aromatic heterocycles. The van der Waals surface area contributed by atoms with Crippen molar-refractivity contribution in [2.45, 2.75) is 26.3 Å². The summed E-state index contributed by atoms with van der Waals surface area (Å²) in [6, 6.07) is 0.318. The van der Waals surface area contributed by atoms with Gasteiger partial charge in [-0.05, 0) is 25.4 Å². The zero-order valence-corrected chi connectivity index (χ0v) is 9.88. The highest BCUT2D eigenvalue weighted by molar-refractivity contribution is 5.78. The SMILES string of the molecule is COCC(C)C(=O)NC1CCNCC1C. The Bertz CT molecular complexity index is 209. The summed E-state index contributed by atoms with van der Waals surface area (Å²) in [4.78, 5) is 11.7. The predicted molar refractivity (Wildman–Crippen MR) is 59.6 cm³/mol. The topological polar surface area (TPSA) is 50.4 Å². The van der Waals surface area contributed by atoms with Gasteiger partial charge in [-0.15, -0.1) is 0 Å². The van der Waals surface area contributed by atoms with Crippen LogP contribution < -0.4 is 10.6 Å². The van der Waals surface area contributed by atoms with Crippen molar-refractivity contribution in [1.82, 2.24) is 10.6 Å². The zero-order valence-electron chi connectivity index (χ0n) is 9.88. The number of piperidine rings is 1. The van der Waals surface area contributed by atoms with Crippen molar-refractivity contribution in [3.8, 4) is 0 Å². The fraction of sp³-hybridized carbons (Fsp3) is 0.909. The average Bonchev–Trinajstić information content (AvgIpc) is 2.21. The van der Waals surface area contributed by atoms with Crippen LogP contribution in [0.25, 0.3) is 0 Å². The molecule has 0 bridgehead atoms. The molecule has 1 saturated heterocycles. The lowest BCUT2D eigenvalue weighted by atomic mass is 9.95. The minimum atomic E-state index is -0.0583. The maximum absolute atomic E-state index is 11.7. The molecule has 1 rings (SSSR count). The van der Waals surface area contributed by atoms with Gasteiger partial charge in [0, 0.05) is 13.2 Å². The van der Waals surface area contributed by atoms with Crippen LogP contribution in [0, 0.1) is 11.8 Å². The molecule has 0 radical (unpaired) electrons. The van der Waals surface area contributed by atoms with Gasteiger partial charge in [-0.1, -0.05) is 13.8 Å². The van der Waals surface area contributed by atoms with Crippen molar-refractivity contribution in [2.75, 3.05) is 26.8 Å². The fourth-order valence-corrected chi connectivity index (χ4v) is 1.88. The van der Waals surface area contributed by atoms with Gasteiger partial charge in [-0.25, -0.2) is 0 Å². The number of methoxy groups -OCH3 is 1. The molecule has 1 heterocycles. The van der Waals surface area contributed by atoms with Crippen LogP contribution in [0.2, 0.25) is 0 Å². The molecule has 88 valence electrons. The molecule has 4 heteroatoms. The molecule has 4 nitrogen and oxygen atoms in total. The lowest BCUT2D eigenvalue weighted by Gasteiger charge is -2.31. The van der Waals surface area contributed by atoms with Crippen LogP contribution in [0.3, 0.4) is 0 Å². The monoisotopic (exact) mass is 214 g/mol. The summed E-state index contributed by atoms with van der Waals surface area (Å²) in [5.41, 5.74) is 0. The number of hydrogen-bond donors (Lipinski definition) is 2. The molecule has 3 unspecified atom stereocenters. The molecule has 1 fully saturated rings. The minimum absolute atomic E-state index is 0.0583. The van der Waals surface area contributed by atoms with Gasteiger partial charge in [0.25, 0.3) is 0 Å². The molecule has 0 aliphatic carbocycles. The first-order chi connectivity index (χ1) is 7.15. The van der Waals surface area contributed by atoms with E-state index in [2.05, 4.69) is 17.6 Å². The summed E-state index contributed by atoms with van der Waals surface area (Å²) in [7, 11) is 1.62. The average molecular weight is 214 g/mol. The van der Waals surface area contributed by atoms with Crippen molar-refractivity contribution in [2.24, 2.45) is 11.8 Å². The lowest BCUT2D eigenvalue weighted by molar-refractivity contribution is -0.127. The van der Waals surface area contributed by atoms with E-state index in [0.29, 0.717) is 18.6 Å². The Morgan fingerprint density at radius 2 is 2.40 bits per heavy atom. The molecule has 0 saturated carbocycles. The van der Waals surface area contributed by atoms with E-state index in [-0.39, 0.29) is 11.8 Å². The maximum atomic E-state index is 11.7. The third-order valence-electron chi connectivity index (χ3n) is 2.98. The summed E-state index contributed by atoms with van der Waals surface area (Å²) in [5.74, 6) is 0.560. The number of carbonyl (C=O) groups is 1. The number of carbonyl (C=O) groups excluding carboxylic acids is 1. The van der Waals surface area contributed by atoms with E-state index in [1.54, 1.807) is 7.11 Å². The standard InChI is InChI=1S/C11H22N2O2/c1-8-6-12-5-4-10(8)13-11(14)9(2)7-15-3/h8-10,12H,4-7H2,1-3H3,(H,13,14). The van der Waals surface area contributed by atoms with Crippen LogP contribution in [-0.4, -0.2) is 38.8 Å². The highest BCUT2D eigenvalue weighted by Crippen LogP contribution is 2.11. The molecule has 1 aliphatic heterocycles. The number of ether oxygens (including phenoxy) is 1. The minimum Gasteiger partial charge on any atom is -0.384 e. The van der Waals surface area contributed by atoms with Gasteiger partial charge in [-0.2, -0.15) is 0 Å². The molecule has 1 amide bonds. The number of rotatable bonds is 4. The van der Waals surface area contributed by atoms with Gasteiger partial charge < -0.3 is 15.4 Å². The fourth-order valence-electron chi connectivity index (χ4n) is 1.88. The second kappa shape index (κ2) is 6.08. The molecule has 3 atom stereocenters. The first kappa shape index (κ1) is 12.5. The van der Waals surface area contributed by atoms with Gasteiger partial charge in [0.15, 0.2) is 0 Å². The lowest BCUT2D eigenvalue weighted by Crippen LogP contribution is -2.49. The Kier molecular flexibility index (Phi) is 5.05. The van der Waals surface area contributed by atoms with Crippen LogP contribution in [0.15, 0.2) is 0 Å². The third kappa shape index (κ3) is 3.80. The molecular formula is C11H22N2O2. The van der Waals surface area contributed by atoms with Gasteiger partial charge in [0.1, 0.15) is 0 Å². The van der Waals surface area contributed by atoms with E-state index in [0.717, 1.165) is 19.5 Å². The van der Waals surface area contributed by atoms with Gasteiger partial charge in [-0.3, -0.25) is 4.79 Å². The van der Waals surface area contributed by atoms with Gasteiger partial charge >= 0.3 is 0 Å². The van der Waals surface area contributed by atoms with Crippen molar-refractivity contribution in [3.63, 3.8) is 0 Å². The van der Waals surface area contributed by atoms with E-state index < -0.39 is 0 Å². The third-order valence-corrected chi connectivity index (χ3v) is 2.98. The van der Waals surface area contributed by atoms with Crippen LogP contribution in [-0.2, 0) is 9.53 Å². The Morgan fingerprint density at radius 1 is 1.67 bits per heavy atom. The molecule has 0 aromatic carbocycles. The maximum Gasteiger partial charge on any atom is 0.225 e. The second-order valence-corrected chi connectivity index (χ2v) is 4.44. The summed E-state index contributed by atoms with van der Waals surface area (Å²) >= 11 is 0. The van der Waals surface area contributed by atoms with Crippen molar-refractivity contribution < 1.29 is 9.53 Å². The van der Waals surface area contributed by atoms with Crippen molar-refractivity contribution in [3.05, 3.63) is 0 Å². The quantitative estimate of drug-likeness (QED) is 0.711. The Hall–Kier alpha value is -0.610. The Labute approximate surface area is 91.8 Å². The van der Waals surface area contributed by atoms with E-state index in [9.17, 15) is 4.79 Å². The number of hydrogen-bond acceptors (Lipinski definition) is 3. The molecule has 1 aliphatic rings. The molecule has 0 aromatic rings. The highest BCUT2D eigenvalue weighted by Gasteiger charge is 2.24. The molecule has 2 N–H and O–H groups in total. The largest absolute Gasteiger partial charge is 0.384 e. The van der Waals surface area contributed by atoms with E-state index in [4.69, 9.17) is 4.74 Å². The van der Waals surface area contributed by atoms with Gasteiger partial charge in [0.05, 0.1) is 12.5 Å². The second-order valence-electron chi connectivity index (χ2n) is 4.44. The normalized spacial score (nSPS) is 28.5. The van der Waals surface area contributed by atoms with Crippen LogP contribution in [0.1, 0.15) is 20.3 Å². The zero-order chi connectivity index (χ0) is 11.3. The summed E-state index contributed by atoms with van der Waals surface area (Å²) in [5, 5.41) is 6.41. The smallest absolute Gasteiger partial charge is 0.225 e. The predicted octanol–water partition coefficient (Wildman–Crippen LogP) is 0.383. The molecule has 0 spiro atoms. The van der Waals surface area contributed by atoms with Crippen LogP contribution >= 0.6 is 0 Å². The van der Waals surface area contributed by atoms with Gasteiger partial charge in [0.2, 0.25) is 5.91 Å². The first-order valence-electron chi connectivity index (χ1n) is 5.65. The Balaban J connectivity index is 2.35. The summed E-state index contributed by atoms with van der Waals surface area (Å²) in [6.07, 6.45) is 1.02. The van der Waals surface area contributed by atoms with Crippen molar-refractivity contribution in [1.29, 1.82) is 0 Å². The highest BCUT2D eigenvalue weighted by atomic mass is 16.5. The van der Waals surface area contributed by atoms with Crippen molar-refractivity contribution >= 4 is 5.91 Å².